The molecule has 1 fully saturated rings. The van der Waals surface area contributed by atoms with E-state index in [9.17, 15) is 9.90 Å². The minimum atomic E-state index is -0.847. The van der Waals surface area contributed by atoms with Crippen molar-refractivity contribution in [1.82, 2.24) is 19.4 Å². The maximum Gasteiger partial charge on any atom is 0.253 e. The largest absolute Gasteiger partial charge is 0.388 e. The van der Waals surface area contributed by atoms with Gasteiger partial charge in [-0.2, -0.15) is 0 Å². The van der Waals surface area contributed by atoms with Crippen molar-refractivity contribution in [3.8, 4) is 0 Å². The summed E-state index contributed by atoms with van der Waals surface area (Å²) < 4.78 is 2.00. The number of likely N-dealkylation sites (tertiary alicyclic amines) is 1. The standard InChI is InChI=1S/C19H19ClN4O2/c20-17-2-1-16-15(22-17)5-10-24(16)13-19(26)6-11-23(12-7-19)18(25)14-3-8-21-9-4-14/h1-5,8-10,26H,6-7,11-13H2. The van der Waals surface area contributed by atoms with Crippen molar-refractivity contribution >= 4 is 28.5 Å². The van der Waals surface area contributed by atoms with Crippen molar-refractivity contribution in [2.45, 2.75) is 25.0 Å². The van der Waals surface area contributed by atoms with Gasteiger partial charge in [0.2, 0.25) is 0 Å². The summed E-state index contributed by atoms with van der Waals surface area (Å²) in [4.78, 5) is 22.5. The SMILES string of the molecule is O=C(c1ccncc1)N1CCC(O)(Cn2ccc3nc(Cl)ccc32)CC1. The van der Waals surface area contributed by atoms with Crippen molar-refractivity contribution in [2.75, 3.05) is 13.1 Å². The Labute approximate surface area is 156 Å². The van der Waals surface area contributed by atoms with Gasteiger partial charge in [-0.05, 0) is 43.2 Å². The molecule has 4 rings (SSSR count). The Morgan fingerprint density at radius 2 is 1.88 bits per heavy atom. The summed E-state index contributed by atoms with van der Waals surface area (Å²) in [6.45, 7) is 1.53. The number of hydrogen-bond donors (Lipinski definition) is 1. The van der Waals surface area contributed by atoms with Crippen LogP contribution in [0, 0.1) is 0 Å². The number of halogens is 1. The molecule has 0 bridgehead atoms. The number of nitrogens with zero attached hydrogens (tertiary/aromatic N) is 4. The number of aliphatic hydroxyl groups is 1. The summed E-state index contributed by atoms with van der Waals surface area (Å²) in [6.07, 6.45) is 6.21. The third-order valence-electron chi connectivity index (χ3n) is 4.96. The lowest BCUT2D eigenvalue weighted by Crippen LogP contribution is -2.48. The highest BCUT2D eigenvalue weighted by Gasteiger charge is 2.34. The molecule has 1 saturated heterocycles. The number of hydrogen-bond acceptors (Lipinski definition) is 4. The Morgan fingerprint density at radius 3 is 2.62 bits per heavy atom. The molecule has 3 aromatic rings. The van der Waals surface area contributed by atoms with E-state index in [4.69, 9.17) is 11.6 Å². The molecule has 7 heteroatoms. The monoisotopic (exact) mass is 370 g/mol. The van der Waals surface area contributed by atoms with Crippen LogP contribution in [0.25, 0.3) is 11.0 Å². The summed E-state index contributed by atoms with van der Waals surface area (Å²) >= 11 is 5.93. The number of carbonyl (C=O) groups excluding carboxylic acids is 1. The molecule has 134 valence electrons. The topological polar surface area (TPSA) is 71.2 Å². The van der Waals surface area contributed by atoms with Crippen molar-refractivity contribution in [2.24, 2.45) is 0 Å². The highest BCUT2D eigenvalue weighted by molar-refractivity contribution is 6.29. The maximum atomic E-state index is 12.5. The van der Waals surface area contributed by atoms with Crippen molar-refractivity contribution in [3.63, 3.8) is 0 Å². The molecule has 0 aromatic carbocycles. The second-order valence-electron chi connectivity index (χ2n) is 6.73. The predicted molar refractivity (Wildman–Crippen MR) is 99.1 cm³/mol. The van der Waals surface area contributed by atoms with Gasteiger partial charge in [0.05, 0.1) is 23.2 Å². The molecule has 0 saturated carbocycles. The first kappa shape index (κ1) is 17.0. The van der Waals surface area contributed by atoms with Crippen LogP contribution in [0.3, 0.4) is 0 Å². The summed E-state index contributed by atoms with van der Waals surface area (Å²) in [6, 6.07) is 8.99. The van der Waals surface area contributed by atoms with Crippen LogP contribution in [0.1, 0.15) is 23.2 Å². The van der Waals surface area contributed by atoms with E-state index in [0.717, 1.165) is 11.0 Å². The van der Waals surface area contributed by atoms with Gasteiger partial charge in [-0.15, -0.1) is 0 Å². The van der Waals surface area contributed by atoms with Crippen LogP contribution in [0.5, 0.6) is 0 Å². The second-order valence-corrected chi connectivity index (χ2v) is 7.12. The van der Waals surface area contributed by atoms with Gasteiger partial charge in [0.25, 0.3) is 5.91 Å². The van der Waals surface area contributed by atoms with Crippen molar-refractivity contribution < 1.29 is 9.90 Å². The Kier molecular flexibility index (Phi) is 4.38. The number of pyridine rings is 2. The molecule has 4 heterocycles. The fourth-order valence-corrected chi connectivity index (χ4v) is 3.62. The molecule has 3 aromatic heterocycles. The van der Waals surface area contributed by atoms with Gasteiger partial charge in [-0.25, -0.2) is 4.98 Å². The molecule has 0 radical (unpaired) electrons. The fourth-order valence-electron chi connectivity index (χ4n) is 3.47. The first-order valence-corrected chi connectivity index (χ1v) is 8.95. The lowest BCUT2D eigenvalue weighted by molar-refractivity contribution is -0.0283. The van der Waals surface area contributed by atoms with E-state index in [2.05, 4.69) is 9.97 Å². The van der Waals surface area contributed by atoms with Crippen LogP contribution in [0.4, 0.5) is 0 Å². The van der Waals surface area contributed by atoms with E-state index in [1.807, 2.05) is 22.9 Å². The predicted octanol–water partition coefficient (Wildman–Crippen LogP) is 2.75. The van der Waals surface area contributed by atoms with Crippen molar-refractivity contribution in [1.29, 1.82) is 0 Å². The van der Waals surface area contributed by atoms with Gasteiger partial charge in [0, 0.05) is 37.2 Å². The average molecular weight is 371 g/mol. The molecule has 1 aliphatic rings. The van der Waals surface area contributed by atoms with Crippen LogP contribution in [0.2, 0.25) is 5.15 Å². The number of fused-ring (bicyclic) bond motifs is 1. The van der Waals surface area contributed by atoms with Gasteiger partial charge < -0.3 is 14.6 Å². The zero-order chi connectivity index (χ0) is 18.1. The quantitative estimate of drug-likeness (QED) is 0.719. The van der Waals surface area contributed by atoms with E-state index in [0.29, 0.717) is 43.2 Å². The molecule has 0 unspecified atom stereocenters. The Balaban J connectivity index is 1.45. The number of aromatic nitrogens is 3. The summed E-state index contributed by atoms with van der Waals surface area (Å²) in [5, 5.41) is 11.5. The van der Waals surface area contributed by atoms with E-state index in [-0.39, 0.29) is 5.91 Å². The zero-order valence-corrected chi connectivity index (χ0v) is 14.9. The van der Waals surface area contributed by atoms with Crippen LogP contribution in [0.15, 0.2) is 48.9 Å². The Bertz CT molecular complexity index is 933. The molecule has 0 aliphatic carbocycles. The van der Waals surface area contributed by atoms with E-state index in [1.54, 1.807) is 35.5 Å². The minimum Gasteiger partial charge on any atom is -0.388 e. The normalized spacial score (nSPS) is 16.8. The molecule has 0 spiro atoms. The highest BCUT2D eigenvalue weighted by Crippen LogP contribution is 2.27. The van der Waals surface area contributed by atoms with E-state index < -0.39 is 5.60 Å². The molecular formula is C19H19ClN4O2. The van der Waals surface area contributed by atoms with Gasteiger partial charge in [-0.1, -0.05) is 11.6 Å². The zero-order valence-electron chi connectivity index (χ0n) is 14.2. The highest BCUT2D eigenvalue weighted by atomic mass is 35.5. The van der Waals surface area contributed by atoms with Gasteiger partial charge in [0.1, 0.15) is 5.15 Å². The van der Waals surface area contributed by atoms with Crippen LogP contribution >= 0.6 is 11.6 Å². The van der Waals surface area contributed by atoms with Crippen LogP contribution in [-0.4, -0.2) is 49.1 Å². The van der Waals surface area contributed by atoms with Gasteiger partial charge >= 0.3 is 0 Å². The molecule has 0 atom stereocenters. The maximum absolute atomic E-state index is 12.5. The summed E-state index contributed by atoms with van der Waals surface area (Å²) in [7, 11) is 0. The smallest absolute Gasteiger partial charge is 0.253 e. The Hall–Kier alpha value is -2.44. The Morgan fingerprint density at radius 1 is 1.15 bits per heavy atom. The first-order chi connectivity index (χ1) is 12.5. The van der Waals surface area contributed by atoms with Crippen molar-refractivity contribution in [3.05, 3.63) is 59.6 Å². The average Bonchev–Trinajstić information content (AvgIpc) is 3.04. The summed E-state index contributed by atoms with van der Waals surface area (Å²) in [5.74, 6) is -0.0142. The summed E-state index contributed by atoms with van der Waals surface area (Å²) in [5.41, 5.74) is 1.54. The van der Waals surface area contributed by atoms with E-state index >= 15 is 0 Å². The first-order valence-electron chi connectivity index (χ1n) is 8.57. The molecule has 6 nitrogen and oxygen atoms in total. The van der Waals surface area contributed by atoms with Gasteiger partial charge in [-0.3, -0.25) is 9.78 Å². The number of piperidine rings is 1. The minimum absolute atomic E-state index is 0.0142. The van der Waals surface area contributed by atoms with Crippen LogP contribution < -0.4 is 0 Å². The number of rotatable bonds is 3. The number of carbonyl (C=O) groups is 1. The third-order valence-corrected chi connectivity index (χ3v) is 5.17. The van der Waals surface area contributed by atoms with Gasteiger partial charge in [0.15, 0.2) is 0 Å². The third kappa shape index (κ3) is 3.30. The lowest BCUT2D eigenvalue weighted by Gasteiger charge is -2.38. The molecule has 1 aliphatic heterocycles. The second kappa shape index (κ2) is 6.70. The molecular weight excluding hydrogens is 352 g/mol. The number of amides is 1. The molecule has 26 heavy (non-hydrogen) atoms. The molecule has 1 N–H and O–H groups in total. The lowest BCUT2D eigenvalue weighted by atomic mass is 9.91. The van der Waals surface area contributed by atoms with Crippen LogP contribution in [-0.2, 0) is 6.54 Å². The van der Waals surface area contributed by atoms with E-state index in [1.165, 1.54) is 0 Å². The fraction of sp³-hybridized carbons (Fsp3) is 0.316. The molecule has 1 amide bonds.